The molecule has 22 heavy (non-hydrogen) atoms. The molecule has 1 saturated heterocycles. The third-order valence-corrected chi connectivity index (χ3v) is 3.82. The van der Waals surface area contributed by atoms with Gasteiger partial charge in [0.25, 0.3) is 11.6 Å². The fourth-order valence-corrected chi connectivity index (χ4v) is 2.57. The summed E-state index contributed by atoms with van der Waals surface area (Å²) in [5, 5.41) is 11.4. The number of benzene rings is 1. The molecule has 1 aromatic carbocycles. The van der Waals surface area contributed by atoms with Crippen LogP contribution >= 0.6 is 0 Å². The molecule has 0 saturated carbocycles. The van der Waals surface area contributed by atoms with Gasteiger partial charge < -0.3 is 14.5 Å². The molecule has 0 aliphatic carbocycles. The van der Waals surface area contributed by atoms with Gasteiger partial charge in [-0.25, -0.2) is 0 Å². The Morgan fingerprint density at radius 3 is 2.50 bits per heavy atom. The number of nitrogens with zero attached hydrogens (tertiary/aromatic N) is 3. The van der Waals surface area contributed by atoms with Crippen LogP contribution in [0.25, 0.3) is 0 Å². The molecule has 1 aliphatic heterocycles. The fourth-order valence-electron chi connectivity index (χ4n) is 2.57. The molecule has 7 heteroatoms. The van der Waals surface area contributed by atoms with Gasteiger partial charge in [-0.05, 0) is 26.0 Å². The number of anilines is 1. The van der Waals surface area contributed by atoms with Crippen molar-refractivity contribution >= 4 is 17.3 Å². The topological polar surface area (TPSA) is 75.9 Å². The zero-order valence-electron chi connectivity index (χ0n) is 12.9. The van der Waals surface area contributed by atoms with Crippen molar-refractivity contribution in [2.75, 3.05) is 44.3 Å². The number of nitro benzene ring substituents is 1. The Labute approximate surface area is 129 Å². The Hall–Kier alpha value is -2.15. The number of carbonyl (C=O) groups is 1. The Kier molecular flexibility index (Phi) is 5.32. The number of hydrogen-bond donors (Lipinski definition) is 0. The molecule has 2 rings (SSSR count). The largest absolute Gasteiger partial charge is 0.378 e. The number of hydrogen-bond acceptors (Lipinski definition) is 5. The van der Waals surface area contributed by atoms with Crippen LogP contribution in [0, 0.1) is 10.1 Å². The Bertz CT molecular complexity index is 552. The quantitative estimate of drug-likeness (QED) is 0.613. The Balaban J connectivity index is 2.34. The fraction of sp³-hybridized carbons (Fsp3) is 0.533. The van der Waals surface area contributed by atoms with Crippen LogP contribution in [-0.2, 0) is 4.74 Å². The van der Waals surface area contributed by atoms with E-state index in [9.17, 15) is 14.9 Å². The maximum atomic E-state index is 12.3. The first-order valence-corrected chi connectivity index (χ1v) is 7.48. The summed E-state index contributed by atoms with van der Waals surface area (Å²) < 4.78 is 5.27. The minimum atomic E-state index is -0.427. The summed E-state index contributed by atoms with van der Waals surface area (Å²) in [5.41, 5.74) is 0.872. The number of amides is 1. The standard InChI is InChI=1S/C15H21N3O4/c1-3-16(4-2)15(19)12-5-6-13(14(11-12)18(20)21)17-7-9-22-10-8-17/h5-6,11H,3-4,7-10H2,1-2H3. The van der Waals surface area contributed by atoms with Crippen molar-refractivity contribution in [3.8, 4) is 0 Å². The van der Waals surface area contributed by atoms with E-state index >= 15 is 0 Å². The average Bonchev–Trinajstić information content (AvgIpc) is 2.56. The van der Waals surface area contributed by atoms with Crippen molar-refractivity contribution < 1.29 is 14.5 Å². The zero-order valence-corrected chi connectivity index (χ0v) is 12.9. The second-order valence-electron chi connectivity index (χ2n) is 5.04. The molecule has 1 amide bonds. The summed E-state index contributed by atoms with van der Waals surface area (Å²) in [6.45, 7) is 7.27. The summed E-state index contributed by atoms with van der Waals surface area (Å²) in [4.78, 5) is 26.9. The molecule has 1 aliphatic rings. The summed E-state index contributed by atoms with van der Waals surface area (Å²) in [6, 6.07) is 4.71. The van der Waals surface area contributed by atoms with Crippen molar-refractivity contribution in [2.24, 2.45) is 0 Å². The molecule has 0 N–H and O–H groups in total. The molecule has 0 aromatic heterocycles. The van der Waals surface area contributed by atoms with E-state index in [0.29, 0.717) is 50.6 Å². The summed E-state index contributed by atoms with van der Waals surface area (Å²) >= 11 is 0. The van der Waals surface area contributed by atoms with E-state index in [0.717, 1.165) is 0 Å². The van der Waals surface area contributed by atoms with Crippen LogP contribution in [0.15, 0.2) is 18.2 Å². The van der Waals surface area contributed by atoms with Gasteiger partial charge in [-0.3, -0.25) is 14.9 Å². The van der Waals surface area contributed by atoms with Crippen LogP contribution < -0.4 is 4.90 Å². The SMILES string of the molecule is CCN(CC)C(=O)c1ccc(N2CCOCC2)c([N+](=O)[O-])c1. The van der Waals surface area contributed by atoms with Crippen LogP contribution in [0.5, 0.6) is 0 Å². The summed E-state index contributed by atoms with van der Waals surface area (Å²) in [5.74, 6) is -0.179. The number of carbonyl (C=O) groups excluding carboxylic acids is 1. The second-order valence-corrected chi connectivity index (χ2v) is 5.04. The van der Waals surface area contributed by atoms with E-state index in [1.807, 2.05) is 18.7 Å². The predicted octanol–water partition coefficient (Wildman–Crippen LogP) is 1.91. The van der Waals surface area contributed by atoms with Crippen molar-refractivity contribution in [1.82, 2.24) is 4.90 Å². The van der Waals surface area contributed by atoms with Gasteiger partial charge in [0.15, 0.2) is 0 Å². The first-order chi connectivity index (χ1) is 10.6. The number of rotatable bonds is 5. The highest BCUT2D eigenvalue weighted by Crippen LogP contribution is 2.30. The van der Waals surface area contributed by atoms with Crippen LogP contribution in [-0.4, -0.2) is 55.1 Å². The molecular formula is C15H21N3O4. The van der Waals surface area contributed by atoms with Gasteiger partial charge >= 0.3 is 0 Å². The highest BCUT2D eigenvalue weighted by atomic mass is 16.6. The monoisotopic (exact) mass is 307 g/mol. The van der Waals surface area contributed by atoms with E-state index in [-0.39, 0.29) is 11.6 Å². The molecule has 0 unspecified atom stereocenters. The van der Waals surface area contributed by atoms with E-state index in [4.69, 9.17) is 4.74 Å². The Morgan fingerprint density at radius 2 is 1.95 bits per heavy atom. The maximum Gasteiger partial charge on any atom is 0.293 e. The lowest BCUT2D eigenvalue weighted by atomic mass is 10.1. The highest BCUT2D eigenvalue weighted by Gasteiger charge is 2.24. The zero-order chi connectivity index (χ0) is 16.1. The number of nitro groups is 1. The lowest BCUT2D eigenvalue weighted by molar-refractivity contribution is -0.384. The molecule has 1 fully saturated rings. The number of morpholine rings is 1. The van der Waals surface area contributed by atoms with Gasteiger partial charge in [0, 0.05) is 37.8 Å². The highest BCUT2D eigenvalue weighted by molar-refractivity contribution is 5.95. The van der Waals surface area contributed by atoms with Crippen LogP contribution in [0.3, 0.4) is 0 Å². The average molecular weight is 307 g/mol. The van der Waals surface area contributed by atoms with Gasteiger partial charge in [0.2, 0.25) is 0 Å². The number of ether oxygens (including phenoxy) is 1. The predicted molar refractivity (Wildman–Crippen MR) is 83.4 cm³/mol. The summed E-state index contributed by atoms with van der Waals surface area (Å²) in [7, 11) is 0. The molecule has 0 radical (unpaired) electrons. The van der Waals surface area contributed by atoms with Crippen LogP contribution in [0.2, 0.25) is 0 Å². The third-order valence-electron chi connectivity index (χ3n) is 3.82. The first-order valence-electron chi connectivity index (χ1n) is 7.48. The summed E-state index contributed by atoms with van der Waals surface area (Å²) in [6.07, 6.45) is 0. The first kappa shape index (κ1) is 16.2. The van der Waals surface area contributed by atoms with Gasteiger partial charge in [-0.1, -0.05) is 0 Å². The Morgan fingerprint density at radius 1 is 1.32 bits per heavy atom. The lowest BCUT2D eigenvalue weighted by Crippen LogP contribution is -2.36. The molecular weight excluding hydrogens is 286 g/mol. The normalized spacial score (nSPS) is 14.7. The van der Waals surface area contributed by atoms with Crippen LogP contribution in [0.4, 0.5) is 11.4 Å². The minimum Gasteiger partial charge on any atom is -0.378 e. The van der Waals surface area contributed by atoms with E-state index in [1.165, 1.54) is 6.07 Å². The lowest BCUT2D eigenvalue weighted by Gasteiger charge is -2.28. The molecule has 0 atom stereocenters. The van der Waals surface area contributed by atoms with Crippen molar-refractivity contribution in [3.05, 3.63) is 33.9 Å². The molecule has 1 aromatic rings. The van der Waals surface area contributed by atoms with Crippen molar-refractivity contribution in [2.45, 2.75) is 13.8 Å². The van der Waals surface area contributed by atoms with Gasteiger partial charge in [-0.2, -0.15) is 0 Å². The van der Waals surface area contributed by atoms with Gasteiger partial charge in [-0.15, -0.1) is 0 Å². The van der Waals surface area contributed by atoms with Crippen LogP contribution in [0.1, 0.15) is 24.2 Å². The molecule has 0 bridgehead atoms. The van der Waals surface area contributed by atoms with Gasteiger partial charge in [0.1, 0.15) is 5.69 Å². The third kappa shape index (κ3) is 3.36. The molecule has 1 heterocycles. The van der Waals surface area contributed by atoms with E-state index in [2.05, 4.69) is 0 Å². The maximum absolute atomic E-state index is 12.3. The van der Waals surface area contributed by atoms with Crippen molar-refractivity contribution in [3.63, 3.8) is 0 Å². The molecule has 7 nitrogen and oxygen atoms in total. The molecule has 120 valence electrons. The smallest absolute Gasteiger partial charge is 0.293 e. The van der Waals surface area contributed by atoms with E-state index < -0.39 is 4.92 Å². The molecule has 0 spiro atoms. The van der Waals surface area contributed by atoms with Crippen molar-refractivity contribution in [1.29, 1.82) is 0 Å². The van der Waals surface area contributed by atoms with Gasteiger partial charge in [0.05, 0.1) is 18.1 Å². The van der Waals surface area contributed by atoms with E-state index in [1.54, 1.807) is 17.0 Å². The minimum absolute atomic E-state index is 0.0279. The second kappa shape index (κ2) is 7.22.